The van der Waals surface area contributed by atoms with Gasteiger partial charge >= 0.3 is 5.97 Å². The van der Waals surface area contributed by atoms with Gasteiger partial charge in [0, 0.05) is 11.6 Å². The van der Waals surface area contributed by atoms with Gasteiger partial charge in [-0.05, 0) is 39.2 Å². The van der Waals surface area contributed by atoms with Crippen LogP contribution in [0.2, 0.25) is 0 Å². The number of aryl methyl sites for hydroxylation is 1. The van der Waals surface area contributed by atoms with Crippen LogP contribution in [0.25, 0.3) is 0 Å². The van der Waals surface area contributed by atoms with Crippen molar-refractivity contribution in [1.82, 2.24) is 19.9 Å². The van der Waals surface area contributed by atoms with Crippen molar-refractivity contribution in [2.45, 2.75) is 56.4 Å². The molecule has 0 amide bonds. The smallest absolute Gasteiger partial charge is 0.339 e. The summed E-state index contributed by atoms with van der Waals surface area (Å²) < 4.78 is 4.80. The number of hydrogen-bond acceptors (Lipinski definition) is 8. The highest BCUT2D eigenvalue weighted by atomic mass is 32.2. The summed E-state index contributed by atoms with van der Waals surface area (Å²) in [5.41, 5.74) is 7.81. The van der Waals surface area contributed by atoms with E-state index in [1.807, 2.05) is 0 Å². The number of thioether (sulfide) groups is 1. The number of hydrogen-bond donors (Lipinski definition) is 2. The minimum Gasteiger partial charge on any atom is -0.465 e. The zero-order chi connectivity index (χ0) is 19.7. The lowest BCUT2D eigenvalue weighted by Crippen LogP contribution is -2.18. The van der Waals surface area contributed by atoms with Gasteiger partial charge in [0.25, 0.3) is 0 Å². The van der Waals surface area contributed by atoms with E-state index in [0.717, 1.165) is 12.8 Å². The van der Waals surface area contributed by atoms with E-state index in [1.54, 1.807) is 20.8 Å². The summed E-state index contributed by atoms with van der Waals surface area (Å²) in [4.78, 5) is 40.7. The number of Topliss-reactive ketones (excluding diaryl/α,β-unsaturated/α-hetero) is 1. The van der Waals surface area contributed by atoms with Crippen LogP contribution in [0.15, 0.2) is 5.16 Å². The van der Waals surface area contributed by atoms with Crippen molar-refractivity contribution in [1.29, 1.82) is 0 Å². The monoisotopic (exact) mass is 389 g/mol. The maximum Gasteiger partial charge on any atom is 0.339 e. The average Bonchev–Trinajstić information content (AvgIpc) is 2.86. The lowest BCUT2D eigenvalue weighted by atomic mass is 9.85. The molecule has 1 aliphatic carbocycles. The Bertz CT molecular complexity index is 891. The summed E-state index contributed by atoms with van der Waals surface area (Å²) in [6, 6.07) is 0. The van der Waals surface area contributed by atoms with Crippen molar-refractivity contribution in [2.24, 2.45) is 0 Å². The predicted molar refractivity (Wildman–Crippen MR) is 102 cm³/mol. The number of aromatic nitrogens is 4. The first-order valence-electron chi connectivity index (χ1n) is 8.81. The van der Waals surface area contributed by atoms with Crippen molar-refractivity contribution in [3.63, 3.8) is 0 Å². The van der Waals surface area contributed by atoms with E-state index in [-0.39, 0.29) is 11.7 Å². The van der Waals surface area contributed by atoms with Gasteiger partial charge in [-0.15, -0.1) is 0 Å². The van der Waals surface area contributed by atoms with Crippen molar-refractivity contribution >= 4 is 29.5 Å². The van der Waals surface area contributed by atoms with Crippen LogP contribution in [-0.4, -0.2) is 44.0 Å². The maximum absolute atomic E-state index is 12.9. The van der Waals surface area contributed by atoms with Gasteiger partial charge in [-0.1, -0.05) is 18.2 Å². The zero-order valence-corrected chi connectivity index (χ0v) is 16.6. The first kappa shape index (κ1) is 19.3. The number of rotatable bonds is 6. The molecule has 0 aromatic carbocycles. The molecule has 1 unspecified atom stereocenters. The van der Waals surface area contributed by atoms with Gasteiger partial charge in [-0.3, -0.25) is 4.79 Å². The van der Waals surface area contributed by atoms with Crippen LogP contribution < -0.4 is 5.73 Å². The number of ketones is 1. The Labute approximate surface area is 161 Å². The Balaban J connectivity index is 1.81. The van der Waals surface area contributed by atoms with E-state index in [9.17, 15) is 9.59 Å². The third-order valence-electron chi connectivity index (χ3n) is 4.84. The molecule has 9 heteroatoms. The van der Waals surface area contributed by atoms with E-state index >= 15 is 0 Å². The number of esters is 1. The molecule has 2 aromatic rings. The van der Waals surface area contributed by atoms with Gasteiger partial charge in [0.2, 0.25) is 5.95 Å². The number of H-pyrrole nitrogens is 1. The largest absolute Gasteiger partial charge is 0.465 e. The van der Waals surface area contributed by atoms with Crippen LogP contribution in [0.1, 0.15) is 70.0 Å². The zero-order valence-electron chi connectivity index (χ0n) is 15.8. The van der Waals surface area contributed by atoms with E-state index < -0.39 is 11.2 Å². The summed E-state index contributed by atoms with van der Waals surface area (Å²) in [6.07, 6.45) is 3.28. The fraction of sp³-hybridized carbons (Fsp3) is 0.500. The number of anilines is 1. The fourth-order valence-corrected chi connectivity index (χ4v) is 3.94. The van der Waals surface area contributed by atoms with E-state index in [1.165, 1.54) is 25.3 Å². The van der Waals surface area contributed by atoms with Crippen molar-refractivity contribution in [3.8, 4) is 0 Å². The van der Waals surface area contributed by atoms with Crippen LogP contribution in [0.4, 0.5) is 5.95 Å². The Morgan fingerprint density at radius 2 is 1.96 bits per heavy atom. The van der Waals surface area contributed by atoms with Gasteiger partial charge < -0.3 is 15.5 Å². The van der Waals surface area contributed by atoms with E-state index in [2.05, 4.69) is 19.9 Å². The number of carbonyl (C=O) groups is 2. The molecule has 0 radical (unpaired) electrons. The fourth-order valence-electron chi connectivity index (χ4n) is 3.11. The molecule has 27 heavy (non-hydrogen) atoms. The topological polar surface area (TPSA) is 124 Å². The van der Waals surface area contributed by atoms with Gasteiger partial charge in [0.1, 0.15) is 5.82 Å². The predicted octanol–water partition coefficient (Wildman–Crippen LogP) is 2.82. The second-order valence-corrected chi connectivity index (χ2v) is 8.01. The number of carbonyl (C=O) groups excluding carboxylic acids is 2. The Morgan fingerprint density at radius 1 is 1.26 bits per heavy atom. The molecule has 0 spiro atoms. The molecule has 2 heterocycles. The maximum atomic E-state index is 12.9. The van der Waals surface area contributed by atoms with Gasteiger partial charge in [0.05, 0.1) is 23.6 Å². The van der Waals surface area contributed by atoms with E-state index in [0.29, 0.717) is 39.4 Å². The van der Waals surface area contributed by atoms with Gasteiger partial charge in [-0.2, -0.15) is 9.97 Å². The van der Waals surface area contributed by atoms with Crippen molar-refractivity contribution in [2.75, 3.05) is 12.8 Å². The summed E-state index contributed by atoms with van der Waals surface area (Å²) in [5.74, 6) is 0.609. The molecule has 3 N–H and O–H groups in total. The molecule has 2 aromatic heterocycles. The molecule has 1 aliphatic rings. The third-order valence-corrected chi connectivity index (χ3v) is 5.81. The Hall–Kier alpha value is -2.42. The Kier molecular flexibility index (Phi) is 5.50. The molecule has 1 fully saturated rings. The van der Waals surface area contributed by atoms with Crippen LogP contribution in [0, 0.1) is 13.8 Å². The number of methoxy groups -OCH3 is 1. The average molecular weight is 389 g/mol. The lowest BCUT2D eigenvalue weighted by Gasteiger charge is -2.23. The van der Waals surface area contributed by atoms with Crippen molar-refractivity contribution in [3.05, 3.63) is 28.3 Å². The van der Waals surface area contributed by atoms with Crippen LogP contribution >= 0.6 is 11.8 Å². The highest BCUT2D eigenvalue weighted by molar-refractivity contribution is 8.00. The molecule has 0 aliphatic heterocycles. The Morgan fingerprint density at radius 3 is 2.56 bits per heavy atom. The SMILES string of the molecule is COC(=O)c1c(C)[nH]c(C(=O)C(C)Sc2nc(N)nc(C3CCC3)n2)c1C. The molecule has 8 nitrogen and oxygen atoms in total. The first-order chi connectivity index (χ1) is 12.8. The second-order valence-electron chi connectivity index (χ2n) is 6.70. The summed E-state index contributed by atoms with van der Waals surface area (Å²) >= 11 is 1.24. The highest BCUT2D eigenvalue weighted by Gasteiger charge is 2.28. The summed E-state index contributed by atoms with van der Waals surface area (Å²) in [7, 11) is 1.32. The number of aromatic amines is 1. The minimum absolute atomic E-state index is 0.139. The molecule has 1 atom stereocenters. The molecule has 0 bridgehead atoms. The molecular weight excluding hydrogens is 366 g/mol. The highest BCUT2D eigenvalue weighted by Crippen LogP contribution is 2.35. The molecule has 144 valence electrons. The minimum atomic E-state index is -0.462. The molecule has 1 saturated carbocycles. The normalized spacial score (nSPS) is 15.3. The molecular formula is C18H23N5O3S. The van der Waals surface area contributed by atoms with Gasteiger partial charge in [-0.25, -0.2) is 9.78 Å². The van der Waals surface area contributed by atoms with Crippen molar-refractivity contribution < 1.29 is 14.3 Å². The third kappa shape index (κ3) is 3.83. The number of nitrogens with zero attached hydrogens (tertiary/aromatic N) is 3. The molecule has 3 rings (SSSR count). The summed E-state index contributed by atoms with van der Waals surface area (Å²) in [6.45, 7) is 5.25. The van der Waals surface area contributed by atoms with E-state index in [4.69, 9.17) is 10.5 Å². The first-order valence-corrected chi connectivity index (χ1v) is 9.69. The number of nitrogens with two attached hydrogens (primary N) is 1. The standard InChI is InChI=1S/C18H23N5O3S/c1-8-12(16(25)26-4)9(2)20-13(8)14(24)10(3)27-18-22-15(11-6-5-7-11)21-17(19)23-18/h10-11,20H,5-7H2,1-4H3,(H2,19,21,22,23). The lowest BCUT2D eigenvalue weighted by molar-refractivity contribution is 0.0599. The van der Waals surface area contributed by atoms with Crippen LogP contribution in [0.3, 0.4) is 0 Å². The molecule has 0 saturated heterocycles. The van der Waals surface area contributed by atoms with Gasteiger partial charge in [0.15, 0.2) is 10.9 Å². The van der Waals surface area contributed by atoms with Crippen LogP contribution in [0.5, 0.6) is 0 Å². The van der Waals surface area contributed by atoms with Crippen LogP contribution in [-0.2, 0) is 4.74 Å². The number of nitrogen functional groups attached to an aromatic ring is 1. The second kappa shape index (κ2) is 7.67. The number of ether oxygens (including phenoxy) is 1. The quantitative estimate of drug-likeness (QED) is 0.439. The summed E-state index contributed by atoms with van der Waals surface area (Å²) in [5, 5.41) is -0.0114. The number of nitrogens with one attached hydrogen (secondary N) is 1.